The lowest BCUT2D eigenvalue weighted by Crippen LogP contribution is -2.14. The van der Waals surface area contributed by atoms with Crippen molar-refractivity contribution in [1.82, 2.24) is 14.6 Å². The van der Waals surface area contributed by atoms with Crippen LogP contribution in [0.25, 0.3) is 16.6 Å². The van der Waals surface area contributed by atoms with Gasteiger partial charge >= 0.3 is 0 Å². The van der Waals surface area contributed by atoms with Gasteiger partial charge in [-0.2, -0.15) is 0 Å². The maximum atomic E-state index is 12.3. The highest BCUT2D eigenvalue weighted by Crippen LogP contribution is 2.25. The van der Waals surface area contributed by atoms with E-state index in [1.54, 1.807) is 11.8 Å². The first-order chi connectivity index (χ1) is 13.9. The fourth-order valence-corrected chi connectivity index (χ4v) is 4.11. The predicted octanol–water partition coefficient (Wildman–Crippen LogP) is 5.30. The Morgan fingerprint density at radius 3 is 2.52 bits per heavy atom. The number of pyridine rings is 1. The third-order valence-electron chi connectivity index (χ3n) is 4.84. The summed E-state index contributed by atoms with van der Waals surface area (Å²) in [5.74, 6) is 0.635. The molecule has 0 bridgehead atoms. The van der Waals surface area contributed by atoms with Gasteiger partial charge in [-0.1, -0.05) is 62.9 Å². The minimum Gasteiger partial charge on any atom is -0.326 e. The average molecular weight is 405 g/mol. The van der Waals surface area contributed by atoms with Crippen LogP contribution < -0.4 is 5.32 Å². The number of benzene rings is 2. The summed E-state index contributed by atoms with van der Waals surface area (Å²) in [6.07, 6.45) is 0.408. The van der Waals surface area contributed by atoms with E-state index in [0.29, 0.717) is 12.2 Å². The Labute approximate surface area is 174 Å². The summed E-state index contributed by atoms with van der Waals surface area (Å²) in [5.41, 5.74) is 4.06. The van der Waals surface area contributed by atoms with Crippen molar-refractivity contribution in [3.05, 3.63) is 66.2 Å². The molecule has 0 saturated heterocycles. The van der Waals surface area contributed by atoms with Crippen LogP contribution >= 0.6 is 11.8 Å². The van der Waals surface area contributed by atoms with Gasteiger partial charge in [-0.15, -0.1) is 10.2 Å². The van der Waals surface area contributed by atoms with Gasteiger partial charge in [-0.05, 0) is 46.7 Å². The number of anilines is 1. The van der Waals surface area contributed by atoms with Gasteiger partial charge in [0, 0.05) is 17.9 Å². The number of carbonyl (C=O) groups excluding carboxylic acids is 1. The van der Waals surface area contributed by atoms with Gasteiger partial charge < -0.3 is 5.32 Å². The van der Waals surface area contributed by atoms with E-state index in [4.69, 9.17) is 0 Å². The lowest BCUT2D eigenvalue weighted by Gasteiger charge is -2.19. The Kier molecular flexibility index (Phi) is 5.28. The molecule has 0 spiro atoms. The lowest BCUT2D eigenvalue weighted by molar-refractivity contribution is -0.115. The van der Waals surface area contributed by atoms with Crippen molar-refractivity contribution in [2.75, 3.05) is 11.1 Å². The summed E-state index contributed by atoms with van der Waals surface area (Å²) < 4.78 is 2.04. The molecule has 0 aliphatic carbocycles. The van der Waals surface area contributed by atoms with E-state index < -0.39 is 0 Å². The number of aromatic nitrogens is 3. The highest BCUT2D eigenvalue weighted by atomic mass is 32.2. The van der Waals surface area contributed by atoms with Crippen molar-refractivity contribution < 1.29 is 4.79 Å². The highest BCUT2D eigenvalue weighted by Gasteiger charge is 2.14. The number of fused-ring (bicyclic) bond motifs is 3. The lowest BCUT2D eigenvalue weighted by atomic mass is 9.87. The molecule has 4 rings (SSSR count). The van der Waals surface area contributed by atoms with Crippen LogP contribution in [0.4, 0.5) is 5.69 Å². The monoisotopic (exact) mass is 404 g/mol. The normalized spacial score (nSPS) is 11.8. The largest absolute Gasteiger partial charge is 0.326 e. The second-order valence-electron chi connectivity index (χ2n) is 8.04. The second-order valence-corrected chi connectivity index (χ2v) is 9.10. The molecule has 2 heterocycles. The first-order valence-electron chi connectivity index (χ1n) is 9.68. The van der Waals surface area contributed by atoms with E-state index in [2.05, 4.69) is 60.6 Å². The fourth-order valence-electron chi connectivity index (χ4n) is 3.22. The van der Waals surface area contributed by atoms with Crippen LogP contribution in [0.5, 0.6) is 0 Å². The molecule has 0 aliphatic heterocycles. The van der Waals surface area contributed by atoms with E-state index in [1.165, 1.54) is 5.56 Å². The van der Waals surface area contributed by atoms with Crippen LogP contribution in [0.15, 0.2) is 65.8 Å². The van der Waals surface area contributed by atoms with Crippen LogP contribution in [0.1, 0.15) is 32.8 Å². The molecular weight excluding hydrogens is 380 g/mol. The Morgan fingerprint density at radius 1 is 1.00 bits per heavy atom. The topological polar surface area (TPSA) is 59.3 Å². The van der Waals surface area contributed by atoms with Crippen molar-refractivity contribution in [2.24, 2.45) is 0 Å². The zero-order valence-corrected chi connectivity index (χ0v) is 17.7. The SMILES string of the molecule is CC(C)(C)c1ccc(NC(=O)CCSc2nnc3ccc4ccccc4n23)cc1. The second kappa shape index (κ2) is 7.87. The average Bonchev–Trinajstić information content (AvgIpc) is 3.11. The van der Waals surface area contributed by atoms with Gasteiger partial charge in [0.25, 0.3) is 0 Å². The molecule has 0 atom stereocenters. The van der Waals surface area contributed by atoms with Crippen LogP contribution in [-0.2, 0) is 10.2 Å². The summed E-state index contributed by atoms with van der Waals surface area (Å²) in [7, 11) is 0. The van der Waals surface area contributed by atoms with E-state index in [-0.39, 0.29) is 11.3 Å². The standard InChI is InChI=1S/C23H24N4OS/c1-23(2,3)17-9-11-18(12-10-17)24-21(28)14-15-29-22-26-25-20-13-8-16-6-4-5-7-19(16)27(20)22/h4-13H,14-15H2,1-3H3,(H,24,28). The molecular formula is C23H24N4OS. The van der Waals surface area contributed by atoms with Gasteiger partial charge in [-0.25, -0.2) is 0 Å². The molecule has 1 N–H and O–H groups in total. The number of thioether (sulfide) groups is 1. The number of rotatable bonds is 5. The number of hydrogen-bond acceptors (Lipinski definition) is 4. The van der Waals surface area contributed by atoms with Crippen molar-refractivity contribution in [3.8, 4) is 0 Å². The molecule has 148 valence electrons. The molecule has 0 saturated carbocycles. The summed E-state index contributed by atoms with van der Waals surface area (Å²) in [6.45, 7) is 6.53. The molecule has 6 heteroatoms. The fraction of sp³-hybridized carbons (Fsp3) is 0.261. The van der Waals surface area contributed by atoms with E-state index in [0.717, 1.165) is 27.4 Å². The first kappa shape index (κ1) is 19.5. The number of para-hydroxylation sites is 1. The molecule has 0 aliphatic rings. The smallest absolute Gasteiger partial charge is 0.225 e. The van der Waals surface area contributed by atoms with Crippen molar-refractivity contribution in [3.63, 3.8) is 0 Å². The number of hydrogen-bond donors (Lipinski definition) is 1. The van der Waals surface area contributed by atoms with Gasteiger partial charge in [0.15, 0.2) is 10.8 Å². The third-order valence-corrected chi connectivity index (χ3v) is 5.77. The molecule has 2 aromatic carbocycles. The molecule has 0 radical (unpaired) electrons. The number of nitrogens with zero attached hydrogens (tertiary/aromatic N) is 3. The van der Waals surface area contributed by atoms with Gasteiger partial charge in [0.2, 0.25) is 5.91 Å². The summed E-state index contributed by atoms with van der Waals surface area (Å²) >= 11 is 1.54. The molecule has 2 aromatic heterocycles. The number of nitrogens with one attached hydrogen (secondary N) is 1. The van der Waals surface area contributed by atoms with E-state index in [9.17, 15) is 4.79 Å². The summed E-state index contributed by atoms with van der Waals surface area (Å²) in [6, 6.07) is 20.2. The van der Waals surface area contributed by atoms with Crippen LogP contribution in [0.2, 0.25) is 0 Å². The molecule has 0 unspecified atom stereocenters. The minimum absolute atomic E-state index is 0.000289. The van der Waals surface area contributed by atoms with Crippen LogP contribution in [0.3, 0.4) is 0 Å². The maximum Gasteiger partial charge on any atom is 0.225 e. The number of carbonyl (C=O) groups is 1. The van der Waals surface area contributed by atoms with Gasteiger partial charge in [0.05, 0.1) is 5.52 Å². The first-order valence-corrected chi connectivity index (χ1v) is 10.7. The third kappa shape index (κ3) is 4.27. The quantitative estimate of drug-likeness (QED) is 0.459. The Balaban J connectivity index is 1.39. The predicted molar refractivity (Wildman–Crippen MR) is 120 cm³/mol. The molecule has 0 fully saturated rings. The molecule has 1 amide bonds. The highest BCUT2D eigenvalue weighted by molar-refractivity contribution is 7.99. The summed E-state index contributed by atoms with van der Waals surface area (Å²) in [4.78, 5) is 12.3. The van der Waals surface area contributed by atoms with Crippen LogP contribution in [0, 0.1) is 0 Å². The zero-order valence-electron chi connectivity index (χ0n) is 16.8. The Hall–Kier alpha value is -2.86. The Bertz CT molecular complexity index is 1160. The van der Waals surface area contributed by atoms with Crippen molar-refractivity contribution in [1.29, 1.82) is 0 Å². The van der Waals surface area contributed by atoms with Gasteiger partial charge in [-0.3, -0.25) is 9.20 Å². The summed E-state index contributed by atoms with van der Waals surface area (Å²) in [5, 5.41) is 13.5. The van der Waals surface area contributed by atoms with Crippen molar-refractivity contribution in [2.45, 2.75) is 37.8 Å². The maximum absolute atomic E-state index is 12.3. The van der Waals surface area contributed by atoms with E-state index in [1.807, 2.05) is 40.8 Å². The zero-order chi connectivity index (χ0) is 20.4. The van der Waals surface area contributed by atoms with Gasteiger partial charge in [0.1, 0.15) is 0 Å². The van der Waals surface area contributed by atoms with Crippen molar-refractivity contribution >= 4 is 39.9 Å². The molecule has 29 heavy (non-hydrogen) atoms. The van der Waals surface area contributed by atoms with E-state index >= 15 is 0 Å². The van der Waals surface area contributed by atoms with Crippen LogP contribution in [-0.4, -0.2) is 26.3 Å². The molecule has 5 nitrogen and oxygen atoms in total. The molecule has 4 aromatic rings. The minimum atomic E-state index is -0.000289. The number of amides is 1. The Morgan fingerprint density at radius 2 is 1.76 bits per heavy atom.